The van der Waals surface area contributed by atoms with Gasteiger partial charge in [-0.15, -0.1) is 0 Å². The molecule has 3 aromatic rings. The molecule has 0 atom stereocenters. The Morgan fingerprint density at radius 1 is 0.885 bits per heavy atom. The molecule has 26 heavy (non-hydrogen) atoms. The number of rotatable bonds is 3. The van der Waals surface area contributed by atoms with Gasteiger partial charge in [-0.1, -0.05) is 36.1 Å². The lowest BCUT2D eigenvalue weighted by Crippen LogP contribution is -2.46. The minimum Gasteiger partial charge on any atom is -0.354 e. The standard InChI is InChI=1S/C22H22N4/c1-2-9-21-20(8-1)17-19(18-24-21)7-4-6-12-25-13-15-26(16-14-25)22-10-3-5-11-23-22/h1-3,5,8-11,17-18H,7,12-16H2. The maximum Gasteiger partial charge on any atom is 0.128 e. The van der Waals surface area contributed by atoms with Crippen molar-refractivity contribution in [1.82, 2.24) is 14.9 Å². The quantitative estimate of drug-likeness (QED) is 0.685. The summed E-state index contributed by atoms with van der Waals surface area (Å²) in [5, 5.41) is 1.18. The van der Waals surface area contributed by atoms with Gasteiger partial charge in [0.2, 0.25) is 0 Å². The van der Waals surface area contributed by atoms with Gasteiger partial charge in [0.15, 0.2) is 0 Å². The predicted octanol–water partition coefficient (Wildman–Crippen LogP) is 3.00. The van der Waals surface area contributed by atoms with E-state index in [4.69, 9.17) is 0 Å². The van der Waals surface area contributed by atoms with Gasteiger partial charge in [0.1, 0.15) is 5.82 Å². The molecule has 0 unspecified atom stereocenters. The van der Waals surface area contributed by atoms with Gasteiger partial charge < -0.3 is 4.90 Å². The third kappa shape index (κ3) is 4.01. The molecular weight excluding hydrogens is 320 g/mol. The van der Waals surface area contributed by atoms with Gasteiger partial charge in [-0.3, -0.25) is 9.88 Å². The van der Waals surface area contributed by atoms with E-state index in [1.54, 1.807) is 0 Å². The van der Waals surface area contributed by atoms with Crippen LogP contribution in [-0.2, 0) is 6.42 Å². The van der Waals surface area contributed by atoms with E-state index in [2.05, 4.69) is 49.8 Å². The lowest BCUT2D eigenvalue weighted by atomic mass is 10.1. The van der Waals surface area contributed by atoms with Crippen molar-refractivity contribution >= 4 is 16.7 Å². The average molecular weight is 342 g/mol. The zero-order valence-electron chi connectivity index (χ0n) is 14.8. The fraction of sp³-hybridized carbons (Fsp3) is 0.273. The largest absolute Gasteiger partial charge is 0.354 e. The van der Waals surface area contributed by atoms with Gasteiger partial charge in [0.25, 0.3) is 0 Å². The number of pyridine rings is 2. The van der Waals surface area contributed by atoms with Crippen LogP contribution in [0.25, 0.3) is 10.9 Å². The van der Waals surface area contributed by atoms with Crippen LogP contribution in [0.15, 0.2) is 60.9 Å². The van der Waals surface area contributed by atoms with E-state index >= 15 is 0 Å². The summed E-state index contributed by atoms with van der Waals surface area (Å²) in [6, 6.07) is 16.5. The topological polar surface area (TPSA) is 32.3 Å². The van der Waals surface area contributed by atoms with Crippen molar-refractivity contribution in [3.63, 3.8) is 0 Å². The van der Waals surface area contributed by atoms with E-state index in [0.717, 1.165) is 50.5 Å². The highest BCUT2D eigenvalue weighted by molar-refractivity contribution is 5.78. The van der Waals surface area contributed by atoms with Crippen LogP contribution in [0, 0.1) is 11.8 Å². The lowest BCUT2D eigenvalue weighted by molar-refractivity contribution is 0.287. The Bertz CT molecular complexity index is 919. The number of benzene rings is 1. The van der Waals surface area contributed by atoms with Gasteiger partial charge >= 0.3 is 0 Å². The summed E-state index contributed by atoms with van der Waals surface area (Å²) >= 11 is 0. The Morgan fingerprint density at radius 3 is 2.58 bits per heavy atom. The zero-order valence-corrected chi connectivity index (χ0v) is 14.8. The number of aromatic nitrogens is 2. The molecule has 1 aliphatic rings. The van der Waals surface area contributed by atoms with Crippen LogP contribution >= 0.6 is 0 Å². The van der Waals surface area contributed by atoms with E-state index in [9.17, 15) is 0 Å². The molecule has 130 valence electrons. The van der Waals surface area contributed by atoms with Crippen molar-refractivity contribution in [3.05, 3.63) is 66.5 Å². The van der Waals surface area contributed by atoms with Crippen LogP contribution in [0.3, 0.4) is 0 Å². The number of hydrogen-bond acceptors (Lipinski definition) is 4. The van der Waals surface area contributed by atoms with Gasteiger partial charge in [-0.05, 0) is 29.8 Å². The van der Waals surface area contributed by atoms with Crippen LogP contribution in [0.4, 0.5) is 5.82 Å². The fourth-order valence-electron chi connectivity index (χ4n) is 3.22. The molecule has 0 radical (unpaired) electrons. The first-order chi connectivity index (χ1) is 12.9. The number of para-hydroxylation sites is 1. The monoisotopic (exact) mass is 342 g/mol. The van der Waals surface area contributed by atoms with Gasteiger partial charge in [-0.25, -0.2) is 4.98 Å². The first-order valence-corrected chi connectivity index (χ1v) is 9.06. The average Bonchev–Trinajstić information content (AvgIpc) is 2.72. The minimum absolute atomic E-state index is 0.756. The van der Waals surface area contributed by atoms with E-state index in [1.807, 2.05) is 42.7 Å². The summed E-state index contributed by atoms with van der Waals surface area (Å²) in [6.07, 6.45) is 4.54. The summed E-state index contributed by atoms with van der Waals surface area (Å²) < 4.78 is 0. The molecule has 3 heterocycles. The molecule has 0 aliphatic carbocycles. The zero-order chi connectivity index (χ0) is 17.6. The number of hydrogen-bond donors (Lipinski definition) is 0. The molecule has 1 saturated heterocycles. The van der Waals surface area contributed by atoms with Crippen LogP contribution in [0.1, 0.15) is 5.56 Å². The molecule has 1 fully saturated rings. The van der Waals surface area contributed by atoms with E-state index < -0.39 is 0 Å². The van der Waals surface area contributed by atoms with Gasteiger partial charge in [0.05, 0.1) is 12.1 Å². The second kappa shape index (κ2) is 7.99. The van der Waals surface area contributed by atoms with Crippen molar-refractivity contribution in [1.29, 1.82) is 0 Å². The van der Waals surface area contributed by atoms with Crippen molar-refractivity contribution in [2.75, 3.05) is 37.6 Å². The summed E-state index contributed by atoms with van der Waals surface area (Å²) in [5.74, 6) is 7.69. The second-order valence-corrected chi connectivity index (χ2v) is 6.52. The molecule has 0 amide bonds. The Kier molecular flexibility index (Phi) is 5.09. The maximum absolute atomic E-state index is 4.50. The molecule has 4 rings (SSSR count). The maximum atomic E-state index is 4.50. The highest BCUT2D eigenvalue weighted by atomic mass is 15.3. The Labute approximate surface area is 154 Å². The molecule has 4 nitrogen and oxygen atoms in total. The number of anilines is 1. The summed E-state index contributed by atoms with van der Waals surface area (Å²) in [6.45, 7) is 4.91. The number of piperazine rings is 1. The molecular formula is C22H22N4. The highest BCUT2D eigenvalue weighted by Gasteiger charge is 2.16. The second-order valence-electron chi connectivity index (χ2n) is 6.52. The normalized spacial score (nSPS) is 14.8. The third-order valence-corrected chi connectivity index (χ3v) is 4.71. The van der Waals surface area contributed by atoms with Crippen LogP contribution in [-0.4, -0.2) is 47.6 Å². The van der Waals surface area contributed by atoms with Crippen LogP contribution in [0.2, 0.25) is 0 Å². The van der Waals surface area contributed by atoms with Crippen molar-refractivity contribution in [3.8, 4) is 11.8 Å². The van der Waals surface area contributed by atoms with Gasteiger partial charge in [-0.2, -0.15) is 0 Å². The molecule has 1 aliphatic heterocycles. The van der Waals surface area contributed by atoms with E-state index in [-0.39, 0.29) is 0 Å². The summed E-state index contributed by atoms with van der Waals surface area (Å²) in [4.78, 5) is 13.7. The summed E-state index contributed by atoms with van der Waals surface area (Å²) in [7, 11) is 0. The number of fused-ring (bicyclic) bond motifs is 1. The van der Waals surface area contributed by atoms with Crippen LogP contribution in [0.5, 0.6) is 0 Å². The van der Waals surface area contributed by atoms with E-state index in [1.165, 1.54) is 10.9 Å². The third-order valence-electron chi connectivity index (χ3n) is 4.71. The van der Waals surface area contributed by atoms with Crippen molar-refractivity contribution in [2.24, 2.45) is 0 Å². The van der Waals surface area contributed by atoms with E-state index in [0.29, 0.717) is 0 Å². The number of nitrogens with zero attached hydrogens (tertiary/aromatic N) is 4. The van der Waals surface area contributed by atoms with Crippen molar-refractivity contribution < 1.29 is 0 Å². The predicted molar refractivity (Wildman–Crippen MR) is 106 cm³/mol. The Morgan fingerprint density at radius 2 is 1.73 bits per heavy atom. The van der Waals surface area contributed by atoms with Gasteiger partial charge in [0, 0.05) is 50.4 Å². The molecule has 4 heteroatoms. The Balaban J connectivity index is 1.27. The van der Waals surface area contributed by atoms with Crippen molar-refractivity contribution in [2.45, 2.75) is 6.42 Å². The first kappa shape index (κ1) is 16.6. The smallest absolute Gasteiger partial charge is 0.128 e. The highest BCUT2D eigenvalue weighted by Crippen LogP contribution is 2.13. The minimum atomic E-state index is 0.756. The molecule has 0 spiro atoms. The molecule has 0 bridgehead atoms. The van der Waals surface area contributed by atoms with Crippen LogP contribution < -0.4 is 4.90 Å². The Hall–Kier alpha value is -2.90. The SMILES string of the molecule is C(#CCN1CCN(c2ccccn2)CC1)Cc1cnc2ccccc2c1. The molecule has 0 N–H and O–H groups in total. The summed E-state index contributed by atoms with van der Waals surface area (Å²) in [5.41, 5.74) is 2.21. The fourth-order valence-corrected chi connectivity index (χ4v) is 3.22. The molecule has 0 saturated carbocycles. The molecule has 1 aromatic carbocycles. The lowest BCUT2D eigenvalue weighted by Gasteiger charge is -2.34. The first-order valence-electron chi connectivity index (χ1n) is 9.06. The molecule has 2 aromatic heterocycles.